The molecule has 0 N–H and O–H groups in total. The molecule has 1 aliphatic carbocycles. The number of rotatable bonds is 1. The SMILES string of the molecule is CC1=C(C)C(C)(C=O)CCC1. The Morgan fingerprint density at radius 3 is 2.55 bits per heavy atom. The molecule has 0 heterocycles. The largest absolute Gasteiger partial charge is 0.302 e. The van der Waals surface area contributed by atoms with Crippen molar-refractivity contribution in [3.05, 3.63) is 11.1 Å². The van der Waals surface area contributed by atoms with Crippen LogP contribution in [0.1, 0.15) is 40.0 Å². The van der Waals surface area contributed by atoms with Crippen molar-refractivity contribution in [1.29, 1.82) is 0 Å². The Bertz CT molecular complexity index is 203. The zero-order valence-corrected chi connectivity index (χ0v) is 7.61. The van der Waals surface area contributed by atoms with Gasteiger partial charge in [0.15, 0.2) is 0 Å². The van der Waals surface area contributed by atoms with Crippen molar-refractivity contribution in [3.63, 3.8) is 0 Å². The lowest BCUT2D eigenvalue weighted by molar-refractivity contribution is -0.114. The number of hydrogen-bond acceptors (Lipinski definition) is 1. The lowest BCUT2D eigenvalue weighted by Gasteiger charge is -2.30. The van der Waals surface area contributed by atoms with Gasteiger partial charge < -0.3 is 4.79 Å². The Kier molecular flexibility index (Phi) is 2.17. The lowest BCUT2D eigenvalue weighted by atomic mass is 9.73. The minimum absolute atomic E-state index is 0.150. The van der Waals surface area contributed by atoms with Crippen molar-refractivity contribution in [2.45, 2.75) is 40.0 Å². The number of allylic oxidation sites excluding steroid dienone is 2. The highest BCUT2D eigenvalue weighted by atomic mass is 16.1. The fraction of sp³-hybridized carbons (Fsp3) is 0.700. The maximum absolute atomic E-state index is 10.8. The van der Waals surface area contributed by atoms with Crippen molar-refractivity contribution < 1.29 is 4.79 Å². The Balaban J connectivity index is 2.99. The van der Waals surface area contributed by atoms with Crippen molar-refractivity contribution in [3.8, 4) is 0 Å². The number of carbonyl (C=O) groups excluding carboxylic acids is 1. The summed E-state index contributed by atoms with van der Waals surface area (Å²) in [6.07, 6.45) is 4.47. The van der Waals surface area contributed by atoms with E-state index >= 15 is 0 Å². The highest BCUT2D eigenvalue weighted by Crippen LogP contribution is 2.38. The third kappa shape index (κ3) is 1.37. The molecule has 0 saturated carbocycles. The van der Waals surface area contributed by atoms with Gasteiger partial charge in [0.25, 0.3) is 0 Å². The van der Waals surface area contributed by atoms with Crippen molar-refractivity contribution in [2.75, 3.05) is 0 Å². The highest BCUT2D eigenvalue weighted by molar-refractivity contribution is 5.65. The van der Waals surface area contributed by atoms with Crippen LogP contribution in [0.2, 0.25) is 0 Å². The Morgan fingerprint density at radius 1 is 1.45 bits per heavy atom. The van der Waals surface area contributed by atoms with E-state index in [1.165, 1.54) is 24.0 Å². The molecule has 0 aromatic rings. The first kappa shape index (κ1) is 8.51. The van der Waals surface area contributed by atoms with Crippen molar-refractivity contribution >= 4 is 6.29 Å². The molecule has 0 aliphatic heterocycles. The van der Waals surface area contributed by atoms with Gasteiger partial charge in [0.05, 0.1) is 0 Å². The molecule has 1 aliphatic rings. The van der Waals surface area contributed by atoms with Crippen LogP contribution < -0.4 is 0 Å². The van der Waals surface area contributed by atoms with Gasteiger partial charge in [-0.2, -0.15) is 0 Å². The minimum Gasteiger partial charge on any atom is -0.302 e. The molecule has 1 rings (SSSR count). The summed E-state index contributed by atoms with van der Waals surface area (Å²) in [7, 11) is 0. The van der Waals surface area contributed by atoms with Crippen LogP contribution in [0, 0.1) is 5.41 Å². The molecule has 1 nitrogen and oxygen atoms in total. The van der Waals surface area contributed by atoms with E-state index < -0.39 is 0 Å². The zero-order chi connectivity index (χ0) is 8.48. The maximum Gasteiger partial charge on any atom is 0.129 e. The van der Waals surface area contributed by atoms with E-state index in [0.717, 1.165) is 12.7 Å². The molecule has 0 aromatic carbocycles. The quantitative estimate of drug-likeness (QED) is 0.417. The molecule has 0 radical (unpaired) electrons. The zero-order valence-electron chi connectivity index (χ0n) is 7.61. The van der Waals surface area contributed by atoms with E-state index in [4.69, 9.17) is 0 Å². The van der Waals surface area contributed by atoms with Crippen molar-refractivity contribution in [2.24, 2.45) is 5.41 Å². The average molecular weight is 152 g/mol. The molecule has 1 heteroatoms. The first-order valence-corrected chi connectivity index (χ1v) is 4.23. The normalized spacial score (nSPS) is 32.3. The molecule has 0 bridgehead atoms. The molecule has 0 amide bonds. The molecule has 0 saturated heterocycles. The number of hydrogen-bond donors (Lipinski definition) is 0. The Labute approximate surface area is 68.5 Å². The summed E-state index contributed by atoms with van der Waals surface area (Å²) in [6.45, 7) is 6.26. The van der Waals surface area contributed by atoms with Gasteiger partial charge in [-0.25, -0.2) is 0 Å². The summed E-state index contributed by atoms with van der Waals surface area (Å²) >= 11 is 0. The molecule has 1 unspecified atom stereocenters. The summed E-state index contributed by atoms with van der Waals surface area (Å²) in [5, 5.41) is 0. The van der Waals surface area contributed by atoms with Crippen LogP contribution in [0.15, 0.2) is 11.1 Å². The summed E-state index contributed by atoms with van der Waals surface area (Å²) in [6, 6.07) is 0. The standard InChI is InChI=1S/C10H16O/c1-8-5-4-6-10(3,7-11)9(8)2/h7H,4-6H2,1-3H3. The van der Waals surface area contributed by atoms with E-state index in [1.807, 2.05) is 6.92 Å². The smallest absolute Gasteiger partial charge is 0.129 e. The van der Waals surface area contributed by atoms with E-state index in [2.05, 4.69) is 13.8 Å². The minimum atomic E-state index is -0.150. The van der Waals surface area contributed by atoms with Crippen LogP contribution >= 0.6 is 0 Å². The molecular formula is C10H16O. The summed E-state index contributed by atoms with van der Waals surface area (Å²) in [5.74, 6) is 0. The summed E-state index contributed by atoms with van der Waals surface area (Å²) < 4.78 is 0. The monoisotopic (exact) mass is 152 g/mol. The van der Waals surface area contributed by atoms with Crippen LogP contribution in [0.3, 0.4) is 0 Å². The third-order valence-corrected chi connectivity index (χ3v) is 3.00. The average Bonchev–Trinajstić information content (AvgIpc) is 2.00. The van der Waals surface area contributed by atoms with Crippen molar-refractivity contribution in [1.82, 2.24) is 0 Å². The molecule has 62 valence electrons. The van der Waals surface area contributed by atoms with Gasteiger partial charge in [-0.3, -0.25) is 0 Å². The van der Waals surface area contributed by atoms with E-state index in [9.17, 15) is 4.79 Å². The van der Waals surface area contributed by atoms with E-state index in [-0.39, 0.29) is 5.41 Å². The topological polar surface area (TPSA) is 17.1 Å². The maximum atomic E-state index is 10.8. The van der Waals surface area contributed by atoms with Crippen LogP contribution in [0.25, 0.3) is 0 Å². The highest BCUT2D eigenvalue weighted by Gasteiger charge is 2.29. The first-order valence-electron chi connectivity index (χ1n) is 4.23. The van der Waals surface area contributed by atoms with Crippen LogP contribution in [0.5, 0.6) is 0 Å². The van der Waals surface area contributed by atoms with Gasteiger partial charge >= 0.3 is 0 Å². The molecular weight excluding hydrogens is 136 g/mol. The second-order valence-corrected chi connectivity index (χ2v) is 3.79. The number of aldehydes is 1. The van der Waals surface area contributed by atoms with Gasteiger partial charge in [0, 0.05) is 5.41 Å². The molecule has 0 aromatic heterocycles. The molecule has 1 atom stereocenters. The summed E-state index contributed by atoms with van der Waals surface area (Å²) in [4.78, 5) is 10.8. The van der Waals surface area contributed by atoms with E-state index in [0.29, 0.717) is 0 Å². The lowest BCUT2D eigenvalue weighted by Crippen LogP contribution is -2.23. The molecule has 0 spiro atoms. The Morgan fingerprint density at radius 2 is 2.09 bits per heavy atom. The van der Waals surface area contributed by atoms with Gasteiger partial charge in [0.1, 0.15) is 6.29 Å². The van der Waals surface area contributed by atoms with Gasteiger partial charge in [-0.05, 0) is 40.0 Å². The number of carbonyl (C=O) groups is 1. The second-order valence-electron chi connectivity index (χ2n) is 3.79. The van der Waals surface area contributed by atoms with Gasteiger partial charge in [-0.15, -0.1) is 0 Å². The van der Waals surface area contributed by atoms with Gasteiger partial charge in [-0.1, -0.05) is 11.1 Å². The van der Waals surface area contributed by atoms with Crippen LogP contribution in [0.4, 0.5) is 0 Å². The molecule has 11 heavy (non-hydrogen) atoms. The molecule has 0 fully saturated rings. The summed E-state index contributed by atoms with van der Waals surface area (Å²) in [5.41, 5.74) is 2.55. The first-order chi connectivity index (χ1) is 5.10. The second kappa shape index (κ2) is 2.80. The fourth-order valence-corrected chi connectivity index (χ4v) is 1.73. The predicted octanol–water partition coefficient (Wildman–Crippen LogP) is 2.71. The Hall–Kier alpha value is -0.590. The predicted molar refractivity (Wildman–Crippen MR) is 46.4 cm³/mol. The van der Waals surface area contributed by atoms with E-state index in [1.54, 1.807) is 0 Å². The van der Waals surface area contributed by atoms with Gasteiger partial charge in [0.2, 0.25) is 0 Å². The third-order valence-electron chi connectivity index (χ3n) is 3.00. The fourth-order valence-electron chi connectivity index (χ4n) is 1.73. The van der Waals surface area contributed by atoms with Crippen LogP contribution in [-0.2, 0) is 4.79 Å². The van der Waals surface area contributed by atoms with Crippen LogP contribution in [-0.4, -0.2) is 6.29 Å².